The molecule has 3 rings (SSSR count). The molecule has 0 radical (unpaired) electrons. The highest BCUT2D eigenvalue weighted by atomic mass is 31.1. The summed E-state index contributed by atoms with van der Waals surface area (Å²) in [5.41, 5.74) is 2.48. The number of hydrogen-bond donors (Lipinski definition) is 2. The SMILES string of the molecule is COc1c(OC2CCN(C(=O)OC(C)C)CC2)ccnc1Nc1ccc(CCOPO)nc1C. The van der Waals surface area contributed by atoms with Crippen molar-refractivity contribution in [3.05, 3.63) is 35.8 Å². The summed E-state index contributed by atoms with van der Waals surface area (Å²) in [6.45, 7) is 7.17. The average Bonchev–Trinajstić information content (AvgIpc) is 2.81. The predicted molar refractivity (Wildman–Crippen MR) is 130 cm³/mol. The first-order valence-electron chi connectivity index (χ1n) is 11.3. The van der Waals surface area contributed by atoms with E-state index in [-0.39, 0.29) is 18.3 Å². The molecule has 34 heavy (non-hydrogen) atoms. The quantitative estimate of drug-likeness (QED) is 0.375. The number of hydrogen-bond acceptors (Lipinski definition) is 9. The molecule has 2 aromatic rings. The molecular formula is C23H33N4O6P. The minimum absolute atomic E-state index is 0.0447. The molecule has 1 atom stereocenters. The molecule has 10 nitrogen and oxygen atoms in total. The van der Waals surface area contributed by atoms with E-state index in [1.807, 2.05) is 32.9 Å². The lowest BCUT2D eigenvalue weighted by atomic mass is 10.1. The molecule has 1 aliphatic heterocycles. The molecule has 0 aromatic carbocycles. The molecule has 1 unspecified atom stereocenters. The van der Waals surface area contributed by atoms with E-state index in [4.69, 9.17) is 23.6 Å². The normalized spacial score (nSPS) is 14.6. The molecule has 1 saturated heterocycles. The van der Waals surface area contributed by atoms with Gasteiger partial charge in [-0.05, 0) is 32.9 Å². The van der Waals surface area contributed by atoms with Gasteiger partial charge in [0, 0.05) is 50.3 Å². The molecule has 0 spiro atoms. The Morgan fingerprint density at radius 3 is 2.71 bits per heavy atom. The Balaban J connectivity index is 1.64. The van der Waals surface area contributed by atoms with Crippen molar-refractivity contribution < 1.29 is 28.4 Å². The molecule has 11 heteroatoms. The number of anilines is 2. The summed E-state index contributed by atoms with van der Waals surface area (Å²) in [6, 6.07) is 5.61. The number of pyridine rings is 2. The standard InChI is InChI=1S/C23H33N4O6P/c1-15(2)32-23(28)27-12-8-18(9-13-27)33-20-7-11-24-22(21(20)30-4)26-19-6-5-17(25-16(19)3)10-14-31-34-29/h5-7,11,15,18,29,34H,8-10,12-14H2,1-4H3,(H,24,26). The first-order valence-corrected chi connectivity index (χ1v) is 12.2. The van der Waals surface area contributed by atoms with Gasteiger partial charge in [0.1, 0.15) is 6.10 Å². The Morgan fingerprint density at radius 1 is 1.29 bits per heavy atom. The van der Waals surface area contributed by atoms with Crippen LogP contribution < -0.4 is 14.8 Å². The number of aromatic nitrogens is 2. The van der Waals surface area contributed by atoms with Crippen LogP contribution in [0.3, 0.4) is 0 Å². The highest BCUT2D eigenvalue weighted by molar-refractivity contribution is 7.24. The summed E-state index contributed by atoms with van der Waals surface area (Å²) in [4.78, 5) is 31.6. The molecule has 2 N–H and O–H groups in total. The number of carbonyl (C=O) groups excluding carboxylic acids is 1. The van der Waals surface area contributed by atoms with E-state index in [0.29, 0.717) is 56.3 Å². The molecule has 1 fully saturated rings. The van der Waals surface area contributed by atoms with Gasteiger partial charge in [-0.15, -0.1) is 0 Å². The van der Waals surface area contributed by atoms with Crippen molar-refractivity contribution in [3.8, 4) is 11.5 Å². The van der Waals surface area contributed by atoms with Crippen LogP contribution in [0.5, 0.6) is 11.5 Å². The number of nitrogens with one attached hydrogen (secondary N) is 1. The first kappa shape index (κ1) is 25.9. The summed E-state index contributed by atoms with van der Waals surface area (Å²) >= 11 is 0. The van der Waals surface area contributed by atoms with Gasteiger partial charge in [0.05, 0.1) is 31.2 Å². The summed E-state index contributed by atoms with van der Waals surface area (Å²) < 4.78 is 22.1. The maximum Gasteiger partial charge on any atom is 0.410 e. The second-order valence-electron chi connectivity index (χ2n) is 8.18. The zero-order valence-corrected chi connectivity index (χ0v) is 21.0. The van der Waals surface area contributed by atoms with Crippen LogP contribution in [0, 0.1) is 6.92 Å². The molecular weight excluding hydrogens is 459 g/mol. The molecule has 0 bridgehead atoms. The molecule has 0 aliphatic carbocycles. The number of amides is 1. The summed E-state index contributed by atoms with van der Waals surface area (Å²) in [7, 11) is 1.06. The Morgan fingerprint density at radius 2 is 2.06 bits per heavy atom. The van der Waals surface area contributed by atoms with Gasteiger partial charge in [-0.25, -0.2) is 9.78 Å². The topological polar surface area (TPSA) is 115 Å². The number of nitrogens with zero attached hydrogens (tertiary/aromatic N) is 3. The Labute approximate surface area is 201 Å². The number of rotatable bonds is 10. The number of aryl methyl sites for hydroxylation is 1. The summed E-state index contributed by atoms with van der Waals surface area (Å²) in [6.07, 6.45) is 3.23. The lowest BCUT2D eigenvalue weighted by molar-refractivity contribution is 0.0511. The highest BCUT2D eigenvalue weighted by Crippen LogP contribution is 2.36. The van der Waals surface area contributed by atoms with Gasteiger partial charge in [-0.2, -0.15) is 0 Å². The highest BCUT2D eigenvalue weighted by Gasteiger charge is 2.26. The third-order valence-electron chi connectivity index (χ3n) is 5.32. The van der Waals surface area contributed by atoms with E-state index in [1.54, 1.807) is 24.3 Å². The molecule has 1 aliphatic rings. The monoisotopic (exact) mass is 492 g/mol. The van der Waals surface area contributed by atoms with Crippen LogP contribution in [0.1, 0.15) is 38.1 Å². The zero-order chi connectivity index (χ0) is 24.5. The van der Waals surface area contributed by atoms with Crippen molar-refractivity contribution >= 4 is 26.6 Å². The summed E-state index contributed by atoms with van der Waals surface area (Å²) in [5, 5.41) is 3.29. The molecule has 3 heterocycles. The fourth-order valence-electron chi connectivity index (χ4n) is 3.63. The van der Waals surface area contributed by atoms with Crippen molar-refractivity contribution in [1.29, 1.82) is 0 Å². The van der Waals surface area contributed by atoms with E-state index >= 15 is 0 Å². The van der Waals surface area contributed by atoms with Crippen molar-refractivity contribution in [2.45, 2.75) is 52.2 Å². The van der Waals surface area contributed by atoms with Crippen molar-refractivity contribution in [3.63, 3.8) is 0 Å². The van der Waals surface area contributed by atoms with Crippen LogP contribution in [0.4, 0.5) is 16.3 Å². The van der Waals surface area contributed by atoms with E-state index in [0.717, 1.165) is 17.1 Å². The average molecular weight is 493 g/mol. The van der Waals surface area contributed by atoms with Gasteiger partial charge in [0.2, 0.25) is 5.75 Å². The van der Waals surface area contributed by atoms with Gasteiger partial charge in [0.25, 0.3) is 0 Å². The maximum atomic E-state index is 12.1. The van der Waals surface area contributed by atoms with Gasteiger partial charge >= 0.3 is 6.09 Å². The van der Waals surface area contributed by atoms with Crippen molar-refractivity contribution in [2.75, 3.05) is 32.1 Å². The second kappa shape index (κ2) is 12.7. The number of carbonyl (C=O) groups is 1. The molecule has 2 aromatic heterocycles. The van der Waals surface area contributed by atoms with Crippen LogP contribution in [0.15, 0.2) is 24.4 Å². The molecule has 186 valence electrons. The predicted octanol–water partition coefficient (Wildman–Crippen LogP) is 3.99. The molecule has 0 saturated carbocycles. The maximum absolute atomic E-state index is 12.1. The number of likely N-dealkylation sites (tertiary alicyclic amines) is 1. The van der Waals surface area contributed by atoms with Gasteiger partial charge < -0.3 is 33.8 Å². The van der Waals surface area contributed by atoms with Crippen LogP contribution in [-0.2, 0) is 15.7 Å². The van der Waals surface area contributed by atoms with E-state index in [2.05, 4.69) is 15.3 Å². The van der Waals surface area contributed by atoms with Crippen LogP contribution in [0.2, 0.25) is 0 Å². The van der Waals surface area contributed by atoms with Crippen LogP contribution >= 0.6 is 9.03 Å². The minimum Gasteiger partial charge on any atom is -0.490 e. The lowest BCUT2D eigenvalue weighted by Gasteiger charge is -2.32. The third kappa shape index (κ3) is 7.16. The van der Waals surface area contributed by atoms with E-state index < -0.39 is 9.03 Å². The minimum atomic E-state index is -0.517. The Hall–Kier alpha value is -2.68. The van der Waals surface area contributed by atoms with Crippen molar-refractivity contribution in [1.82, 2.24) is 14.9 Å². The number of methoxy groups -OCH3 is 1. The third-order valence-corrected chi connectivity index (χ3v) is 5.66. The van der Waals surface area contributed by atoms with Gasteiger partial charge in [-0.3, -0.25) is 4.98 Å². The van der Waals surface area contributed by atoms with E-state index in [1.165, 1.54) is 0 Å². The van der Waals surface area contributed by atoms with E-state index in [9.17, 15) is 4.79 Å². The lowest BCUT2D eigenvalue weighted by Crippen LogP contribution is -2.42. The largest absolute Gasteiger partial charge is 0.490 e. The second-order valence-corrected chi connectivity index (χ2v) is 8.65. The Kier molecular flexibility index (Phi) is 9.68. The zero-order valence-electron chi connectivity index (χ0n) is 20.0. The molecule has 1 amide bonds. The smallest absolute Gasteiger partial charge is 0.410 e. The van der Waals surface area contributed by atoms with Crippen molar-refractivity contribution in [2.24, 2.45) is 0 Å². The van der Waals surface area contributed by atoms with Gasteiger partial charge in [-0.1, -0.05) is 0 Å². The Bertz CT molecular complexity index is 953. The first-order chi connectivity index (χ1) is 16.4. The van der Waals surface area contributed by atoms with Crippen LogP contribution in [-0.4, -0.2) is 64.9 Å². The number of piperidine rings is 1. The fourth-order valence-corrected chi connectivity index (χ4v) is 3.83. The van der Waals surface area contributed by atoms with Crippen LogP contribution in [0.25, 0.3) is 0 Å². The fraction of sp³-hybridized carbons (Fsp3) is 0.522. The van der Waals surface area contributed by atoms with Gasteiger partial charge in [0.15, 0.2) is 20.6 Å². The summed E-state index contributed by atoms with van der Waals surface area (Å²) in [5.74, 6) is 1.62. The number of ether oxygens (including phenoxy) is 3.